The first-order valence-corrected chi connectivity index (χ1v) is 6.57. The van der Waals surface area contributed by atoms with E-state index in [1.54, 1.807) is 16.8 Å². The predicted octanol–water partition coefficient (Wildman–Crippen LogP) is 3.55. The number of nitrogens with zero attached hydrogens (tertiary/aromatic N) is 1. The van der Waals surface area contributed by atoms with E-state index < -0.39 is 0 Å². The standard InChI is InChI=1S/C16H23NO2/c1-13(2)7-5-8-14(3)10-12-17-11-6-9-15(19-4)16(17)18/h6-7,9-11H,5,8,12H2,1-4H3/b14-10+. The molecule has 0 fully saturated rings. The Morgan fingerprint density at radius 2 is 2.05 bits per heavy atom. The van der Waals surface area contributed by atoms with E-state index in [1.165, 1.54) is 18.3 Å². The van der Waals surface area contributed by atoms with Crippen LogP contribution in [0.5, 0.6) is 5.75 Å². The molecule has 104 valence electrons. The highest BCUT2D eigenvalue weighted by atomic mass is 16.5. The van der Waals surface area contributed by atoms with Crippen molar-refractivity contribution >= 4 is 0 Å². The zero-order valence-corrected chi connectivity index (χ0v) is 12.3. The summed E-state index contributed by atoms with van der Waals surface area (Å²) >= 11 is 0. The van der Waals surface area contributed by atoms with Crippen molar-refractivity contribution in [1.82, 2.24) is 4.57 Å². The second-order valence-corrected chi connectivity index (χ2v) is 4.90. The molecule has 3 nitrogen and oxygen atoms in total. The molecule has 0 atom stereocenters. The largest absolute Gasteiger partial charge is 0.491 e. The van der Waals surface area contributed by atoms with Gasteiger partial charge in [0, 0.05) is 12.7 Å². The number of hydrogen-bond acceptors (Lipinski definition) is 2. The SMILES string of the molecule is COc1cccn(C/C=C(\C)CCC=C(C)C)c1=O. The Morgan fingerprint density at radius 1 is 1.32 bits per heavy atom. The van der Waals surface area contributed by atoms with Gasteiger partial charge >= 0.3 is 0 Å². The Kier molecular flexibility index (Phi) is 6.13. The van der Waals surface area contributed by atoms with Gasteiger partial charge < -0.3 is 9.30 Å². The normalized spacial score (nSPS) is 11.3. The van der Waals surface area contributed by atoms with Gasteiger partial charge in [-0.2, -0.15) is 0 Å². The lowest BCUT2D eigenvalue weighted by Crippen LogP contribution is -2.19. The molecule has 0 radical (unpaired) electrons. The summed E-state index contributed by atoms with van der Waals surface area (Å²) in [5, 5.41) is 0. The Hall–Kier alpha value is -1.77. The summed E-state index contributed by atoms with van der Waals surface area (Å²) in [5.74, 6) is 0.387. The van der Waals surface area contributed by atoms with Crippen molar-refractivity contribution in [2.75, 3.05) is 7.11 Å². The summed E-state index contributed by atoms with van der Waals surface area (Å²) in [5.41, 5.74) is 2.56. The molecule has 1 rings (SSSR count). The van der Waals surface area contributed by atoms with Crippen LogP contribution in [0.2, 0.25) is 0 Å². The van der Waals surface area contributed by atoms with Crippen molar-refractivity contribution in [3.05, 3.63) is 52.0 Å². The van der Waals surface area contributed by atoms with Crippen LogP contribution in [-0.4, -0.2) is 11.7 Å². The number of methoxy groups -OCH3 is 1. The molecule has 0 unspecified atom stereocenters. The van der Waals surface area contributed by atoms with Crippen molar-refractivity contribution < 1.29 is 4.74 Å². The van der Waals surface area contributed by atoms with E-state index >= 15 is 0 Å². The van der Waals surface area contributed by atoms with Gasteiger partial charge in [0.25, 0.3) is 5.56 Å². The maximum atomic E-state index is 11.9. The van der Waals surface area contributed by atoms with Crippen molar-refractivity contribution in [3.63, 3.8) is 0 Å². The van der Waals surface area contributed by atoms with Crippen LogP contribution in [0.4, 0.5) is 0 Å². The van der Waals surface area contributed by atoms with Crippen LogP contribution in [0.15, 0.2) is 46.4 Å². The quantitative estimate of drug-likeness (QED) is 0.733. The van der Waals surface area contributed by atoms with Gasteiger partial charge in [0.2, 0.25) is 0 Å². The van der Waals surface area contributed by atoms with E-state index in [0.717, 1.165) is 12.8 Å². The maximum absolute atomic E-state index is 11.9. The van der Waals surface area contributed by atoms with Gasteiger partial charge in [0.15, 0.2) is 5.75 Å². The number of hydrogen-bond donors (Lipinski definition) is 0. The minimum Gasteiger partial charge on any atom is -0.491 e. The zero-order chi connectivity index (χ0) is 14.3. The van der Waals surface area contributed by atoms with Crippen LogP contribution in [-0.2, 0) is 6.54 Å². The van der Waals surface area contributed by atoms with Gasteiger partial charge in [-0.15, -0.1) is 0 Å². The number of rotatable bonds is 6. The lowest BCUT2D eigenvalue weighted by Gasteiger charge is -2.05. The summed E-state index contributed by atoms with van der Waals surface area (Å²) in [7, 11) is 1.52. The average molecular weight is 261 g/mol. The fraction of sp³-hybridized carbons (Fsp3) is 0.438. The van der Waals surface area contributed by atoms with Gasteiger partial charge in [-0.05, 0) is 45.7 Å². The molecule has 0 spiro atoms. The highest BCUT2D eigenvalue weighted by Crippen LogP contribution is 2.07. The number of pyridine rings is 1. The lowest BCUT2D eigenvalue weighted by atomic mass is 10.1. The van der Waals surface area contributed by atoms with E-state index in [4.69, 9.17) is 4.74 Å². The molecule has 1 heterocycles. The third kappa shape index (κ3) is 5.16. The molecule has 0 N–H and O–H groups in total. The summed E-state index contributed by atoms with van der Waals surface area (Å²) in [6.45, 7) is 6.91. The van der Waals surface area contributed by atoms with Gasteiger partial charge in [0.05, 0.1) is 7.11 Å². The molecule has 3 heteroatoms. The highest BCUT2D eigenvalue weighted by Gasteiger charge is 2.00. The third-order valence-corrected chi connectivity index (χ3v) is 2.93. The van der Waals surface area contributed by atoms with Crippen LogP contribution in [0.3, 0.4) is 0 Å². The first-order chi connectivity index (χ1) is 9.04. The van der Waals surface area contributed by atoms with Gasteiger partial charge in [-0.3, -0.25) is 4.79 Å². The summed E-state index contributed by atoms with van der Waals surface area (Å²) in [4.78, 5) is 11.9. The molecule has 19 heavy (non-hydrogen) atoms. The topological polar surface area (TPSA) is 31.2 Å². The number of allylic oxidation sites excluding steroid dienone is 4. The van der Waals surface area contributed by atoms with Gasteiger partial charge in [-0.25, -0.2) is 0 Å². The first kappa shape index (κ1) is 15.3. The summed E-state index contributed by atoms with van der Waals surface area (Å²) in [6, 6.07) is 3.51. The zero-order valence-electron chi connectivity index (χ0n) is 12.3. The van der Waals surface area contributed by atoms with Gasteiger partial charge in [-0.1, -0.05) is 23.3 Å². The number of ether oxygens (including phenoxy) is 1. The predicted molar refractivity (Wildman–Crippen MR) is 79.7 cm³/mol. The molecular formula is C16H23NO2. The summed E-state index contributed by atoms with van der Waals surface area (Å²) < 4.78 is 6.68. The van der Waals surface area contributed by atoms with E-state index in [2.05, 4.69) is 32.9 Å². The molecule has 0 saturated heterocycles. The lowest BCUT2D eigenvalue weighted by molar-refractivity contribution is 0.404. The second-order valence-electron chi connectivity index (χ2n) is 4.90. The fourth-order valence-electron chi connectivity index (χ4n) is 1.76. The first-order valence-electron chi connectivity index (χ1n) is 6.57. The summed E-state index contributed by atoms with van der Waals surface area (Å²) in [6.07, 6.45) is 8.20. The molecule has 0 amide bonds. The van der Waals surface area contributed by atoms with Crippen LogP contribution in [0.1, 0.15) is 33.6 Å². The van der Waals surface area contributed by atoms with Crippen LogP contribution in [0, 0.1) is 0 Å². The number of aromatic nitrogens is 1. The molecular weight excluding hydrogens is 238 g/mol. The molecule has 0 saturated carbocycles. The molecule has 0 aromatic carbocycles. The van der Waals surface area contributed by atoms with Crippen molar-refractivity contribution in [2.24, 2.45) is 0 Å². The fourth-order valence-corrected chi connectivity index (χ4v) is 1.76. The minimum absolute atomic E-state index is 0.0849. The second kappa shape index (κ2) is 7.62. The Morgan fingerprint density at radius 3 is 2.68 bits per heavy atom. The Bertz CT molecular complexity index is 520. The smallest absolute Gasteiger partial charge is 0.293 e. The van der Waals surface area contributed by atoms with E-state index in [1.807, 2.05) is 6.07 Å². The van der Waals surface area contributed by atoms with Crippen molar-refractivity contribution in [3.8, 4) is 5.75 Å². The van der Waals surface area contributed by atoms with E-state index in [0.29, 0.717) is 12.3 Å². The molecule has 0 aliphatic carbocycles. The Balaban J connectivity index is 2.65. The molecule has 1 aromatic heterocycles. The minimum atomic E-state index is -0.0849. The highest BCUT2D eigenvalue weighted by molar-refractivity contribution is 5.17. The van der Waals surface area contributed by atoms with Crippen LogP contribution in [0.25, 0.3) is 0 Å². The van der Waals surface area contributed by atoms with Crippen molar-refractivity contribution in [2.45, 2.75) is 40.2 Å². The van der Waals surface area contributed by atoms with Gasteiger partial charge in [0.1, 0.15) is 0 Å². The molecule has 0 bridgehead atoms. The monoisotopic (exact) mass is 261 g/mol. The third-order valence-electron chi connectivity index (χ3n) is 2.93. The molecule has 1 aromatic rings. The maximum Gasteiger partial charge on any atom is 0.293 e. The van der Waals surface area contributed by atoms with E-state index in [-0.39, 0.29) is 5.56 Å². The van der Waals surface area contributed by atoms with Crippen LogP contribution >= 0.6 is 0 Å². The molecule has 0 aliphatic rings. The van der Waals surface area contributed by atoms with Crippen LogP contribution < -0.4 is 10.3 Å². The molecule has 0 aliphatic heterocycles. The average Bonchev–Trinajstić information content (AvgIpc) is 2.37. The van der Waals surface area contributed by atoms with Crippen molar-refractivity contribution in [1.29, 1.82) is 0 Å². The van der Waals surface area contributed by atoms with E-state index in [9.17, 15) is 4.79 Å². The Labute approximate surface area is 115 Å².